The summed E-state index contributed by atoms with van der Waals surface area (Å²) in [5.41, 5.74) is 0.812. The summed E-state index contributed by atoms with van der Waals surface area (Å²) < 4.78 is 13.8. The van der Waals surface area contributed by atoms with E-state index in [0.717, 1.165) is 16.5 Å². The third kappa shape index (κ3) is 6.44. The van der Waals surface area contributed by atoms with Gasteiger partial charge in [-0.2, -0.15) is 0 Å². The Balaban J connectivity index is 1.52. The molecule has 0 spiro atoms. The SMILES string of the molecule is C[C@H]1CN([C@@H](C)CO)C(=O)CCCn2nncc2CO[C@H]1CN(C)C(=O)Oc1cccc2ccccc12. The molecule has 0 unspecified atom stereocenters. The molecule has 4 rings (SSSR count). The number of aryl methyl sites for hydroxylation is 1. The van der Waals surface area contributed by atoms with Crippen LogP contribution in [0.1, 0.15) is 32.4 Å². The van der Waals surface area contributed by atoms with Gasteiger partial charge in [0.15, 0.2) is 0 Å². The van der Waals surface area contributed by atoms with E-state index >= 15 is 0 Å². The van der Waals surface area contributed by atoms with E-state index in [9.17, 15) is 14.7 Å². The summed E-state index contributed by atoms with van der Waals surface area (Å²) in [7, 11) is 1.67. The van der Waals surface area contributed by atoms with Crippen molar-refractivity contribution in [2.45, 2.75) is 52.0 Å². The molecular formula is C27H35N5O5. The summed E-state index contributed by atoms with van der Waals surface area (Å²) in [5, 5.41) is 19.7. The van der Waals surface area contributed by atoms with Crippen LogP contribution >= 0.6 is 0 Å². The highest BCUT2D eigenvalue weighted by Crippen LogP contribution is 2.26. The van der Waals surface area contributed by atoms with E-state index in [1.165, 1.54) is 4.90 Å². The zero-order valence-electron chi connectivity index (χ0n) is 21.6. The van der Waals surface area contributed by atoms with Crippen molar-refractivity contribution in [2.75, 3.05) is 26.7 Å². The monoisotopic (exact) mass is 509 g/mol. The van der Waals surface area contributed by atoms with Gasteiger partial charge >= 0.3 is 6.09 Å². The molecule has 10 nitrogen and oxygen atoms in total. The molecule has 3 aromatic rings. The second kappa shape index (κ2) is 12.2. The van der Waals surface area contributed by atoms with Crippen LogP contribution in [0.3, 0.4) is 0 Å². The number of aliphatic hydroxyl groups excluding tert-OH is 1. The van der Waals surface area contributed by atoms with Crippen LogP contribution < -0.4 is 4.74 Å². The summed E-state index contributed by atoms with van der Waals surface area (Å²) in [4.78, 5) is 29.3. The Morgan fingerprint density at radius 3 is 2.86 bits per heavy atom. The number of ether oxygens (including phenoxy) is 2. The summed E-state index contributed by atoms with van der Waals surface area (Å²) in [5.74, 6) is 0.332. The number of likely N-dealkylation sites (N-methyl/N-ethyl adjacent to an activating group) is 1. The summed E-state index contributed by atoms with van der Waals surface area (Å²) in [6, 6.07) is 13.0. The molecule has 37 heavy (non-hydrogen) atoms. The molecule has 10 heteroatoms. The normalized spacial score (nSPS) is 20.0. The van der Waals surface area contributed by atoms with Crippen LogP contribution in [-0.2, 0) is 22.7 Å². The number of carbonyl (C=O) groups is 2. The Bertz CT molecular complexity index is 1210. The number of carbonyl (C=O) groups excluding carboxylic acids is 2. The van der Waals surface area contributed by atoms with Gasteiger partial charge in [0.05, 0.1) is 43.8 Å². The van der Waals surface area contributed by atoms with Crippen molar-refractivity contribution in [1.29, 1.82) is 0 Å². The predicted octanol–water partition coefficient (Wildman–Crippen LogP) is 3.09. The van der Waals surface area contributed by atoms with Crippen molar-refractivity contribution in [1.82, 2.24) is 24.8 Å². The van der Waals surface area contributed by atoms with Gasteiger partial charge in [0.25, 0.3) is 0 Å². The van der Waals surface area contributed by atoms with E-state index in [4.69, 9.17) is 9.47 Å². The molecule has 3 atom stereocenters. The summed E-state index contributed by atoms with van der Waals surface area (Å²) in [6.07, 6.45) is 1.72. The fraction of sp³-hybridized carbons (Fsp3) is 0.481. The number of benzene rings is 2. The number of rotatable bonds is 5. The number of hydrogen-bond donors (Lipinski definition) is 1. The molecule has 0 radical (unpaired) electrons. The van der Waals surface area contributed by atoms with E-state index in [1.807, 2.05) is 50.2 Å². The number of amides is 2. The van der Waals surface area contributed by atoms with Gasteiger partial charge in [0.2, 0.25) is 5.91 Å². The fourth-order valence-corrected chi connectivity index (χ4v) is 4.55. The quantitative estimate of drug-likeness (QED) is 0.563. The van der Waals surface area contributed by atoms with Crippen LogP contribution in [0.4, 0.5) is 4.79 Å². The average molecular weight is 510 g/mol. The molecule has 2 heterocycles. The van der Waals surface area contributed by atoms with Gasteiger partial charge in [-0.3, -0.25) is 4.79 Å². The Kier molecular flexibility index (Phi) is 8.73. The van der Waals surface area contributed by atoms with Gasteiger partial charge in [0, 0.05) is 37.9 Å². The highest BCUT2D eigenvalue weighted by Gasteiger charge is 2.29. The maximum Gasteiger partial charge on any atom is 0.415 e. The van der Waals surface area contributed by atoms with Crippen LogP contribution in [0.2, 0.25) is 0 Å². The molecule has 1 aromatic heterocycles. The Hall–Kier alpha value is -3.50. The lowest BCUT2D eigenvalue weighted by molar-refractivity contribution is -0.136. The minimum atomic E-state index is -0.498. The summed E-state index contributed by atoms with van der Waals surface area (Å²) >= 11 is 0. The van der Waals surface area contributed by atoms with E-state index in [-0.39, 0.29) is 37.6 Å². The lowest BCUT2D eigenvalue weighted by atomic mass is 10.0. The van der Waals surface area contributed by atoms with Crippen LogP contribution in [-0.4, -0.2) is 80.8 Å². The molecule has 0 aliphatic carbocycles. The molecule has 2 aromatic carbocycles. The predicted molar refractivity (Wildman–Crippen MR) is 138 cm³/mol. The van der Waals surface area contributed by atoms with Crippen LogP contribution in [0.25, 0.3) is 10.8 Å². The van der Waals surface area contributed by atoms with Crippen molar-refractivity contribution < 1.29 is 24.2 Å². The number of aromatic nitrogens is 3. The first-order valence-corrected chi connectivity index (χ1v) is 12.7. The molecule has 1 aliphatic rings. The van der Waals surface area contributed by atoms with E-state index in [0.29, 0.717) is 31.7 Å². The molecule has 1 N–H and O–H groups in total. The molecule has 2 amide bonds. The Morgan fingerprint density at radius 1 is 1.27 bits per heavy atom. The molecule has 0 bridgehead atoms. The smallest absolute Gasteiger partial charge is 0.410 e. The van der Waals surface area contributed by atoms with Gasteiger partial charge in [-0.25, -0.2) is 9.48 Å². The van der Waals surface area contributed by atoms with E-state index in [1.54, 1.807) is 28.9 Å². The summed E-state index contributed by atoms with van der Waals surface area (Å²) in [6.45, 7) is 5.15. The van der Waals surface area contributed by atoms with Crippen molar-refractivity contribution >= 4 is 22.8 Å². The second-order valence-corrected chi connectivity index (χ2v) is 9.68. The van der Waals surface area contributed by atoms with E-state index in [2.05, 4.69) is 10.3 Å². The van der Waals surface area contributed by atoms with Crippen molar-refractivity contribution in [2.24, 2.45) is 5.92 Å². The van der Waals surface area contributed by atoms with Crippen LogP contribution in [0.15, 0.2) is 48.7 Å². The van der Waals surface area contributed by atoms with Gasteiger partial charge < -0.3 is 24.4 Å². The molecule has 0 saturated carbocycles. The lowest BCUT2D eigenvalue weighted by Gasteiger charge is -2.35. The van der Waals surface area contributed by atoms with Crippen LogP contribution in [0, 0.1) is 5.92 Å². The second-order valence-electron chi connectivity index (χ2n) is 9.68. The first kappa shape index (κ1) is 26.6. The number of hydrogen-bond acceptors (Lipinski definition) is 7. The topological polar surface area (TPSA) is 110 Å². The molecule has 198 valence electrons. The molecule has 1 aliphatic heterocycles. The fourth-order valence-electron chi connectivity index (χ4n) is 4.55. The van der Waals surface area contributed by atoms with Crippen molar-refractivity contribution in [3.05, 3.63) is 54.4 Å². The molecule has 0 fully saturated rings. The van der Waals surface area contributed by atoms with Crippen molar-refractivity contribution in [3.63, 3.8) is 0 Å². The zero-order chi connectivity index (χ0) is 26.4. The Labute approximate surface area is 216 Å². The third-order valence-corrected chi connectivity index (χ3v) is 6.85. The largest absolute Gasteiger partial charge is 0.415 e. The highest BCUT2D eigenvalue weighted by molar-refractivity contribution is 5.90. The van der Waals surface area contributed by atoms with Gasteiger partial charge in [0.1, 0.15) is 5.75 Å². The first-order chi connectivity index (χ1) is 17.9. The zero-order valence-corrected chi connectivity index (χ0v) is 21.6. The Morgan fingerprint density at radius 2 is 2.05 bits per heavy atom. The van der Waals surface area contributed by atoms with E-state index < -0.39 is 12.2 Å². The highest BCUT2D eigenvalue weighted by atomic mass is 16.6. The minimum absolute atomic E-state index is 0.0295. The van der Waals surface area contributed by atoms with Crippen LogP contribution in [0.5, 0.6) is 5.75 Å². The molecule has 0 saturated heterocycles. The number of fused-ring (bicyclic) bond motifs is 2. The van der Waals surface area contributed by atoms with Crippen molar-refractivity contribution in [3.8, 4) is 5.75 Å². The first-order valence-electron chi connectivity index (χ1n) is 12.7. The molecular weight excluding hydrogens is 474 g/mol. The minimum Gasteiger partial charge on any atom is -0.410 e. The maximum absolute atomic E-state index is 13.1. The van der Waals surface area contributed by atoms with Gasteiger partial charge in [-0.05, 0) is 24.8 Å². The average Bonchev–Trinajstić information content (AvgIpc) is 3.35. The third-order valence-electron chi connectivity index (χ3n) is 6.85. The van der Waals surface area contributed by atoms with Gasteiger partial charge in [-0.1, -0.05) is 48.5 Å². The lowest BCUT2D eigenvalue weighted by Crippen LogP contribution is -2.48. The number of aliphatic hydroxyl groups is 1. The standard InChI is InChI=1S/C27H35N5O5/c1-19-15-31(20(2)17-33)26(34)12-7-13-32-22(14-28-29-32)18-36-25(19)16-30(3)27(35)37-24-11-6-9-21-8-4-5-10-23(21)24/h4-6,8-11,14,19-20,25,33H,7,12-13,15-18H2,1-3H3/t19-,20-,25-/m0/s1. The van der Waals surface area contributed by atoms with Gasteiger partial charge in [-0.15, -0.1) is 5.10 Å². The number of nitrogens with zero attached hydrogens (tertiary/aromatic N) is 5. The maximum atomic E-state index is 13.1.